The highest BCUT2D eigenvalue weighted by Crippen LogP contribution is 2.26. The molecule has 0 aliphatic rings. The molecule has 1 N–H and O–H groups in total. The van der Waals surface area contributed by atoms with E-state index in [0.29, 0.717) is 0 Å². The summed E-state index contributed by atoms with van der Waals surface area (Å²) in [7, 11) is 0. The van der Waals surface area contributed by atoms with Gasteiger partial charge in [0.05, 0.1) is 5.25 Å². The van der Waals surface area contributed by atoms with Gasteiger partial charge in [0.2, 0.25) is 5.91 Å². The summed E-state index contributed by atoms with van der Waals surface area (Å²) in [6.07, 6.45) is -4.37. The Morgan fingerprint density at radius 2 is 2.00 bits per heavy atom. The summed E-state index contributed by atoms with van der Waals surface area (Å²) in [5.74, 6) is -0.611. The molecule has 6 heteroatoms. The van der Waals surface area contributed by atoms with Gasteiger partial charge in [0, 0.05) is 4.90 Å². The van der Waals surface area contributed by atoms with E-state index in [1.165, 1.54) is 11.8 Å². The van der Waals surface area contributed by atoms with Crippen molar-refractivity contribution in [2.24, 2.45) is 0 Å². The highest BCUT2D eigenvalue weighted by molar-refractivity contribution is 8.00. The summed E-state index contributed by atoms with van der Waals surface area (Å²) < 4.78 is 35.8. The Labute approximate surface area is 108 Å². The molecule has 0 spiro atoms. The lowest BCUT2D eigenvalue weighted by molar-refractivity contribution is -0.137. The second-order valence-corrected chi connectivity index (χ2v) is 5.24. The standard InChI is InChI=1S/C12H14F3NOS/c1-8-5-3-4-6-10(8)18-9(2)11(17)16-7-12(13,14)15/h3-6,9H,7H2,1-2H3,(H,16,17). The van der Waals surface area contributed by atoms with Crippen LogP contribution < -0.4 is 5.32 Å². The number of carbonyl (C=O) groups is 1. The van der Waals surface area contributed by atoms with Crippen LogP contribution in [-0.2, 0) is 4.79 Å². The molecule has 0 aliphatic heterocycles. The monoisotopic (exact) mass is 277 g/mol. The lowest BCUT2D eigenvalue weighted by atomic mass is 10.2. The average Bonchev–Trinajstić information content (AvgIpc) is 2.28. The third-order valence-electron chi connectivity index (χ3n) is 2.23. The van der Waals surface area contributed by atoms with Crippen LogP contribution in [0.1, 0.15) is 12.5 Å². The number of alkyl halides is 3. The molecule has 0 aromatic heterocycles. The zero-order valence-corrected chi connectivity index (χ0v) is 10.9. The summed E-state index contributed by atoms with van der Waals surface area (Å²) >= 11 is 1.25. The maximum Gasteiger partial charge on any atom is 0.405 e. The van der Waals surface area contributed by atoms with Gasteiger partial charge in [-0.1, -0.05) is 18.2 Å². The third-order valence-corrected chi connectivity index (χ3v) is 3.51. The van der Waals surface area contributed by atoms with Crippen LogP contribution in [0.4, 0.5) is 13.2 Å². The number of aryl methyl sites for hydroxylation is 1. The molecule has 1 atom stereocenters. The Morgan fingerprint density at radius 3 is 2.56 bits per heavy atom. The Kier molecular flexibility index (Phi) is 5.07. The first-order chi connectivity index (χ1) is 8.29. The molecule has 0 saturated carbocycles. The first-order valence-corrected chi connectivity index (χ1v) is 6.24. The lowest BCUT2D eigenvalue weighted by Crippen LogP contribution is -2.37. The molecule has 1 aromatic rings. The zero-order chi connectivity index (χ0) is 13.8. The Hall–Kier alpha value is -1.17. The minimum absolute atomic E-state index is 0.562. The van der Waals surface area contributed by atoms with Gasteiger partial charge in [0.1, 0.15) is 6.54 Å². The molecule has 0 saturated heterocycles. The third kappa shape index (κ3) is 5.00. The molecule has 100 valence electrons. The van der Waals surface area contributed by atoms with Crippen LogP contribution in [0.2, 0.25) is 0 Å². The van der Waals surface area contributed by atoms with E-state index in [2.05, 4.69) is 0 Å². The van der Waals surface area contributed by atoms with Crippen LogP contribution in [0.15, 0.2) is 29.2 Å². The summed E-state index contributed by atoms with van der Waals surface area (Å²) in [6, 6.07) is 7.43. The van der Waals surface area contributed by atoms with Crippen molar-refractivity contribution in [2.45, 2.75) is 30.2 Å². The Bertz CT molecular complexity index is 420. The zero-order valence-electron chi connectivity index (χ0n) is 10.0. The summed E-state index contributed by atoms with van der Waals surface area (Å²) in [5, 5.41) is 1.32. The molecule has 0 fully saturated rings. The predicted molar refractivity (Wildman–Crippen MR) is 65.6 cm³/mol. The van der Waals surface area contributed by atoms with Crippen molar-refractivity contribution < 1.29 is 18.0 Å². The van der Waals surface area contributed by atoms with Crippen molar-refractivity contribution in [1.82, 2.24) is 5.32 Å². The van der Waals surface area contributed by atoms with Crippen molar-refractivity contribution in [2.75, 3.05) is 6.54 Å². The van der Waals surface area contributed by atoms with Crippen LogP contribution in [-0.4, -0.2) is 23.9 Å². The molecule has 1 unspecified atom stereocenters. The van der Waals surface area contributed by atoms with E-state index in [0.717, 1.165) is 10.5 Å². The molecule has 0 bridgehead atoms. The van der Waals surface area contributed by atoms with Crippen molar-refractivity contribution in [3.8, 4) is 0 Å². The van der Waals surface area contributed by atoms with E-state index in [-0.39, 0.29) is 0 Å². The smallest absolute Gasteiger partial charge is 0.346 e. The summed E-state index contributed by atoms with van der Waals surface area (Å²) in [4.78, 5) is 12.4. The van der Waals surface area contributed by atoms with Gasteiger partial charge in [-0.05, 0) is 25.5 Å². The van der Waals surface area contributed by atoms with Crippen molar-refractivity contribution >= 4 is 17.7 Å². The predicted octanol–water partition coefficient (Wildman–Crippen LogP) is 3.15. The van der Waals surface area contributed by atoms with Crippen LogP contribution in [0.25, 0.3) is 0 Å². The fourth-order valence-electron chi connectivity index (χ4n) is 1.26. The Balaban J connectivity index is 2.53. The topological polar surface area (TPSA) is 29.1 Å². The average molecular weight is 277 g/mol. The van der Waals surface area contributed by atoms with Crippen LogP contribution >= 0.6 is 11.8 Å². The second-order valence-electron chi connectivity index (χ2n) is 3.86. The SMILES string of the molecule is Cc1ccccc1SC(C)C(=O)NCC(F)(F)F. The first kappa shape index (κ1) is 14.9. The minimum Gasteiger partial charge on any atom is -0.346 e. The molecule has 18 heavy (non-hydrogen) atoms. The second kappa shape index (κ2) is 6.13. The fourth-order valence-corrected chi connectivity index (χ4v) is 2.25. The number of halogens is 3. The first-order valence-electron chi connectivity index (χ1n) is 5.36. The molecule has 2 nitrogen and oxygen atoms in total. The maximum absolute atomic E-state index is 11.9. The van der Waals surface area contributed by atoms with Gasteiger partial charge in [-0.3, -0.25) is 4.79 Å². The van der Waals surface area contributed by atoms with Crippen LogP contribution in [0.5, 0.6) is 0 Å². The van der Waals surface area contributed by atoms with Crippen molar-refractivity contribution in [1.29, 1.82) is 0 Å². The van der Waals surface area contributed by atoms with Gasteiger partial charge in [0.15, 0.2) is 0 Å². The van der Waals surface area contributed by atoms with E-state index >= 15 is 0 Å². The molecule has 0 heterocycles. The minimum atomic E-state index is -4.37. The van der Waals surface area contributed by atoms with Crippen LogP contribution in [0, 0.1) is 6.92 Å². The number of amides is 1. The molecular weight excluding hydrogens is 263 g/mol. The fraction of sp³-hybridized carbons (Fsp3) is 0.417. The number of rotatable bonds is 4. The largest absolute Gasteiger partial charge is 0.405 e. The molecule has 1 amide bonds. The van der Waals surface area contributed by atoms with Crippen molar-refractivity contribution in [3.05, 3.63) is 29.8 Å². The Morgan fingerprint density at radius 1 is 1.39 bits per heavy atom. The molecule has 1 rings (SSSR count). The highest BCUT2D eigenvalue weighted by atomic mass is 32.2. The van der Waals surface area contributed by atoms with Gasteiger partial charge < -0.3 is 5.32 Å². The number of carbonyl (C=O) groups excluding carboxylic acids is 1. The molecule has 1 aromatic carbocycles. The van der Waals surface area contributed by atoms with Gasteiger partial charge in [-0.25, -0.2) is 0 Å². The number of nitrogens with one attached hydrogen (secondary N) is 1. The number of thioether (sulfide) groups is 1. The van der Waals surface area contributed by atoms with E-state index in [1.54, 1.807) is 6.92 Å². The van der Waals surface area contributed by atoms with Gasteiger partial charge in [-0.2, -0.15) is 13.2 Å². The summed E-state index contributed by atoms with van der Waals surface area (Å²) in [5.41, 5.74) is 0.998. The van der Waals surface area contributed by atoms with Crippen molar-refractivity contribution in [3.63, 3.8) is 0 Å². The van der Waals surface area contributed by atoms with E-state index in [9.17, 15) is 18.0 Å². The quantitative estimate of drug-likeness (QED) is 0.857. The van der Waals surface area contributed by atoms with E-state index in [4.69, 9.17) is 0 Å². The molecule has 0 aliphatic carbocycles. The van der Waals surface area contributed by atoms with Crippen LogP contribution in [0.3, 0.4) is 0 Å². The molecular formula is C12H14F3NOS. The number of hydrogen-bond donors (Lipinski definition) is 1. The molecule has 0 radical (unpaired) electrons. The van der Waals surface area contributed by atoms with Gasteiger partial charge >= 0.3 is 6.18 Å². The van der Waals surface area contributed by atoms with E-state index < -0.39 is 23.9 Å². The lowest BCUT2D eigenvalue weighted by Gasteiger charge is -2.14. The number of hydrogen-bond acceptors (Lipinski definition) is 2. The van der Waals surface area contributed by atoms with Gasteiger partial charge in [-0.15, -0.1) is 11.8 Å². The highest BCUT2D eigenvalue weighted by Gasteiger charge is 2.28. The maximum atomic E-state index is 11.9. The van der Waals surface area contributed by atoms with Gasteiger partial charge in [0.25, 0.3) is 0 Å². The van der Waals surface area contributed by atoms with E-state index in [1.807, 2.05) is 36.5 Å². The summed E-state index contributed by atoms with van der Waals surface area (Å²) in [6.45, 7) is 2.19. The normalized spacial score (nSPS) is 13.2. The number of benzene rings is 1.